The molecule has 208 valence electrons. The van der Waals surface area contributed by atoms with Gasteiger partial charge >= 0.3 is 0 Å². The Labute approximate surface area is 236 Å². The summed E-state index contributed by atoms with van der Waals surface area (Å²) in [5.74, 6) is 0.0364. The fraction of sp³-hybridized carbons (Fsp3) is 0.200. The van der Waals surface area contributed by atoms with Gasteiger partial charge in [0.25, 0.3) is 0 Å². The van der Waals surface area contributed by atoms with Crippen LogP contribution in [0.2, 0.25) is 0 Å². The molecule has 0 fully saturated rings. The first-order valence-corrected chi connectivity index (χ1v) is 15.1. The smallest absolute Gasteiger partial charge is 0.159 e. The monoisotopic (exact) mass is 569 g/mol. The van der Waals surface area contributed by atoms with Gasteiger partial charge in [-0.3, -0.25) is 15.1 Å². The van der Waals surface area contributed by atoms with Gasteiger partial charge in [-0.2, -0.15) is 5.10 Å². The summed E-state index contributed by atoms with van der Waals surface area (Å²) in [4.78, 5) is 19.1. The van der Waals surface area contributed by atoms with Crippen LogP contribution in [0.3, 0.4) is 0 Å². The zero-order valence-electron chi connectivity index (χ0n) is 22.8. The van der Waals surface area contributed by atoms with E-state index in [-0.39, 0.29) is 12.2 Å². The number of fused-ring (bicyclic) bond motifs is 2. The minimum absolute atomic E-state index is 0.0604. The van der Waals surface area contributed by atoms with Crippen LogP contribution in [0.15, 0.2) is 67.3 Å². The van der Waals surface area contributed by atoms with Gasteiger partial charge in [-0.25, -0.2) is 17.8 Å². The Kier molecular flexibility index (Phi) is 6.84. The average molecular weight is 570 g/mol. The van der Waals surface area contributed by atoms with Gasteiger partial charge in [0.05, 0.1) is 28.5 Å². The van der Waals surface area contributed by atoms with E-state index in [2.05, 4.69) is 42.2 Å². The van der Waals surface area contributed by atoms with E-state index in [9.17, 15) is 12.8 Å². The standard InChI is InChI=1S/C30H28FN7O2S/c1-38(2)17-19-9-22(14-32-13-19)20-4-5-26-24(12-20)29(37-36-26)30-34-27-16-33-15-25(28(27)35-30)21-8-18(10-23(31)11-21)6-7-41(3,39)40/h4-5,8-16H,6-7,17H2,1-3H3,(H,34,35)(H,36,37). The molecule has 41 heavy (non-hydrogen) atoms. The predicted octanol–water partition coefficient (Wildman–Crippen LogP) is 5.02. The number of hydrogen-bond donors (Lipinski definition) is 2. The third-order valence-electron chi connectivity index (χ3n) is 6.84. The van der Waals surface area contributed by atoms with Crippen molar-refractivity contribution in [2.24, 2.45) is 0 Å². The van der Waals surface area contributed by atoms with Crippen LogP contribution in [0.1, 0.15) is 11.1 Å². The van der Waals surface area contributed by atoms with Gasteiger partial charge in [-0.05, 0) is 73.1 Å². The first kappa shape index (κ1) is 26.7. The van der Waals surface area contributed by atoms with Crippen LogP contribution < -0.4 is 0 Å². The molecule has 0 aliphatic carbocycles. The Morgan fingerprint density at radius 3 is 2.49 bits per heavy atom. The molecule has 11 heteroatoms. The van der Waals surface area contributed by atoms with Crippen LogP contribution in [-0.4, -0.2) is 69.6 Å². The minimum Gasteiger partial charge on any atom is -0.335 e. The predicted molar refractivity (Wildman–Crippen MR) is 158 cm³/mol. The number of imidazole rings is 1. The number of sulfone groups is 1. The molecule has 4 heterocycles. The van der Waals surface area contributed by atoms with E-state index >= 15 is 0 Å². The molecule has 2 N–H and O–H groups in total. The Balaban J connectivity index is 1.40. The molecule has 0 aliphatic rings. The SMILES string of the molecule is CN(C)Cc1cncc(-c2ccc3[nH]nc(-c4nc5c(-c6cc(F)cc(CCS(C)(=O)=O)c6)cncc5[nH]4)c3c2)c1. The second-order valence-corrected chi connectivity index (χ2v) is 12.8. The normalized spacial score (nSPS) is 12.1. The summed E-state index contributed by atoms with van der Waals surface area (Å²) in [6, 6.07) is 12.8. The highest BCUT2D eigenvalue weighted by Crippen LogP contribution is 2.33. The van der Waals surface area contributed by atoms with Crippen LogP contribution in [0.5, 0.6) is 0 Å². The molecular formula is C30H28FN7O2S. The summed E-state index contributed by atoms with van der Waals surface area (Å²) in [6.45, 7) is 0.792. The van der Waals surface area contributed by atoms with Gasteiger partial charge in [-0.1, -0.05) is 12.1 Å². The van der Waals surface area contributed by atoms with Crippen LogP contribution in [0, 0.1) is 5.82 Å². The number of benzene rings is 2. The lowest BCUT2D eigenvalue weighted by Gasteiger charge is -2.10. The minimum atomic E-state index is -3.18. The maximum Gasteiger partial charge on any atom is 0.159 e. The van der Waals surface area contributed by atoms with E-state index in [1.807, 2.05) is 38.6 Å². The van der Waals surface area contributed by atoms with Gasteiger partial charge in [0.1, 0.15) is 21.3 Å². The zero-order valence-corrected chi connectivity index (χ0v) is 23.6. The van der Waals surface area contributed by atoms with Crippen LogP contribution >= 0.6 is 0 Å². The molecule has 9 nitrogen and oxygen atoms in total. The lowest BCUT2D eigenvalue weighted by atomic mass is 10.0. The van der Waals surface area contributed by atoms with E-state index in [1.54, 1.807) is 18.5 Å². The molecule has 0 atom stereocenters. The van der Waals surface area contributed by atoms with Crippen molar-refractivity contribution < 1.29 is 12.8 Å². The summed E-state index contributed by atoms with van der Waals surface area (Å²) in [5, 5.41) is 8.53. The van der Waals surface area contributed by atoms with Crippen LogP contribution in [0.4, 0.5) is 4.39 Å². The molecule has 0 amide bonds. The van der Waals surface area contributed by atoms with Crippen molar-refractivity contribution in [3.8, 4) is 33.8 Å². The van der Waals surface area contributed by atoms with Gasteiger partial charge in [0.2, 0.25) is 0 Å². The molecule has 0 unspecified atom stereocenters. The topological polar surface area (TPSA) is 121 Å². The van der Waals surface area contributed by atoms with E-state index in [1.165, 1.54) is 18.4 Å². The number of halogens is 1. The number of hydrogen-bond acceptors (Lipinski definition) is 7. The van der Waals surface area contributed by atoms with Gasteiger partial charge in [-0.15, -0.1) is 0 Å². The van der Waals surface area contributed by atoms with E-state index < -0.39 is 15.7 Å². The zero-order chi connectivity index (χ0) is 28.7. The van der Waals surface area contributed by atoms with Crippen molar-refractivity contribution in [3.05, 3.63) is 84.2 Å². The highest BCUT2D eigenvalue weighted by atomic mass is 32.2. The fourth-order valence-electron chi connectivity index (χ4n) is 4.98. The summed E-state index contributed by atoms with van der Waals surface area (Å²) < 4.78 is 37.9. The second kappa shape index (κ2) is 10.5. The van der Waals surface area contributed by atoms with Gasteiger partial charge in [0, 0.05) is 47.9 Å². The maximum atomic E-state index is 14.6. The molecule has 0 bridgehead atoms. The summed E-state index contributed by atoms with van der Waals surface area (Å²) in [5.41, 5.74) is 7.73. The quantitative estimate of drug-likeness (QED) is 0.264. The fourth-order valence-corrected chi connectivity index (χ4v) is 5.59. The first-order valence-electron chi connectivity index (χ1n) is 13.0. The number of nitrogens with one attached hydrogen (secondary N) is 2. The Morgan fingerprint density at radius 2 is 1.68 bits per heavy atom. The second-order valence-electron chi connectivity index (χ2n) is 10.5. The van der Waals surface area contributed by atoms with Crippen LogP contribution in [-0.2, 0) is 22.8 Å². The molecule has 2 aromatic carbocycles. The van der Waals surface area contributed by atoms with Crippen LogP contribution in [0.25, 0.3) is 55.7 Å². The molecule has 6 aromatic rings. The molecule has 0 radical (unpaired) electrons. The Hall–Kier alpha value is -4.48. The van der Waals surface area contributed by atoms with Crippen molar-refractivity contribution in [2.75, 3.05) is 26.1 Å². The molecular weight excluding hydrogens is 541 g/mol. The highest BCUT2D eigenvalue weighted by molar-refractivity contribution is 7.90. The third-order valence-corrected chi connectivity index (χ3v) is 7.78. The van der Waals surface area contributed by atoms with Crippen molar-refractivity contribution in [1.82, 2.24) is 35.0 Å². The largest absolute Gasteiger partial charge is 0.335 e. The molecule has 0 saturated heterocycles. The van der Waals surface area contributed by atoms with Gasteiger partial charge < -0.3 is 9.88 Å². The molecule has 0 spiro atoms. The Morgan fingerprint density at radius 1 is 0.878 bits per heavy atom. The van der Waals surface area contributed by atoms with E-state index in [4.69, 9.17) is 4.98 Å². The van der Waals surface area contributed by atoms with Crippen molar-refractivity contribution in [3.63, 3.8) is 0 Å². The van der Waals surface area contributed by atoms with Crippen molar-refractivity contribution >= 4 is 31.8 Å². The third kappa shape index (κ3) is 5.72. The number of aromatic amines is 2. The van der Waals surface area contributed by atoms with Gasteiger partial charge in [0.15, 0.2) is 5.82 Å². The first-order chi connectivity index (χ1) is 19.6. The lowest BCUT2D eigenvalue weighted by Crippen LogP contribution is -2.10. The Bertz CT molecular complexity index is 2010. The average Bonchev–Trinajstić information content (AvgIpc) is 3.54. The number of H-pyrrole nitrogens is 2. The number of aromatic nitrogens is 6. The van der Waals surface area contributed by atoms with E-state index in [0.29, 0.717) is 39.2 Å². The summed E-state index contributed by atoms with van der Waals surface area (Å²) in [6.07, 6.45) is 8.41. The summed E-state index contributed by atoms with van der Waals surface area (Å²) in [7, 11) is 0.867. The molecule has 0 aliphatic heterocycles. The van der Waals surface area contributed by atoms with Crippen molar-refractivity contribution in [2.45, 2.75) is 13.0 Å². The number of nitrogens with zero attached hydrogens (tertiary/aromatic N) is 5. The number of aryl methyl sites for hydroxylation is 1. The lowest BCUT2D eigenvalue weighted by molar-refractivity contribution is 0.402. The van der Waals surface area contributed by atoms with Crippen molar-refractivity contribution in [1.29, 1.82) is 0 Å². The molecule has 0 saturated carbocycles. The summed E-state index contributed by atoms with van der Waals surface area (Å²) >= 11 is 0. The molecule has 6 rings (SSSR count). The number of pyridine rings is 2. The maximum absolute atomic E-state index is 14.6. The number of rotatable bonds is 8. The highest BCUT2D eigenvalue weighted by Gasteiger charge is 2.17. The molecule has 4 aromatic heterocycles. The van der Waals surface area contributed by atoms with E-state index in [0.717, 1.165) is 34.1 Å².